The van der Waals surface area contributed by atoms with Crippen LogP contribution in [0.5, 0.6) is 5.75 Å². The first-order chi connectivity index (χ1) is 10.1. The van der Waals surface area contributed by atoms with Gasteiger partial charge in [-0.25, -0.2) is 0 Å². The summed E-state index contributed by atoms with van der Waals surface area (Å²) in [5, 5.41) is 3.42. The molecular weight excluding hydrogens is 326 g/mol. The van der Waals surface area contributed by atoms with Gasteiger partial charge in [0.1, 0.15) is 5.75 Å². The van der Waals surface area contributed by atoms with Crippen LogP contribution in [-0.2, 0) is 12.8 Å². The highest BCUT2D eigenvalue weighted by molar-refractivity contribution is 9.10. The predicted molar refractivity (Wildman–Crippen MR) is 92.1 cm³/mol. The van der Waals surface area contributed by atoms with Crippen LogP contribution >= 0.6 is 15.9 Å². The number of halogens is 1. The van der Waals surface area contributed by atoms with E-state index < -0.39 is 0 Å². The second-order valence-electron chi connectivity index (χ2n) is 5.35. The van der Waals surface area contributed by atoms with Gasteiger partial charge >= 0.3 is 0 Å². The zero-order valence-corrected chi connectivity index (χ0v) is 14.4. The topological polar surface area (TPSA) is 21.3 Å². The molecule has 2 aromatic rings. The van der Waals surface area contributed by atoms with Gasteiger partial charge in [0.2, 0.25) is 0 Å². The van der Waals surface area contributed by atoms with Gasteiger partial charge in [0.25, 0.3) is 0 Å². The summed E-state index contributed by atoms with van der Waals surface area (Å²) in [5.41, 5.74) is 3.99. The molecule has 2 nitrogen and oxygen atoms in total. The lowest BCUT2D eigenvalue weighted by atomic mass is 9.98. The third-order valence-corrected chi connectivity index (χ3v) is 4.29. The number of likely N-dealkylation sites (N-methyl/N-ethyl adjacent to an activating group) is 1. The van der Waals surface area contributed by atoms with Crippen molar-refractivity contribution in [2.24, 2.45) is 0 Å². The lowest BCUT2D eigenvalue weighted by Crippen LogP contribution is -2.29. The van der Waals surface area contributed by atoms with Gasteiger partial charge in [0, 0.05) is 6.04 Å². The molecule has 112 valence electrons. The van der Waals surface area contributed by atoms with Crippen molar-refractivity contribution in [2.75, 3.05) is 14.2 Å². The fourth-order valence-electron chi connectivity index (χ4n) is 2.52. The number of ether oxygens (including phenoxy) is 1. The Morgan fingerprint density at radius 1 is 1.10 bits per heavy atom. The summed E-state index contributed by atoms with van der Waals surface area (Å²) in [6, 6.07) is 15.4. The molecule has 0 aromatic heterocycles. The number of rotatable bonds is 6. The van der Waals surface area contributed by atoms with Crippen LogP contribution in [0, 0.1) is 6.92 Å². The second-order valence-corrected chi connectivity index (χ2v) is 6.21. The van der Waals surface area contributed by atoms with Gasteiger partial charge in [-0.15, -0.1) is 0 Å². The summed E-state index contributed by atoms with van der Waals surface area (Å²) in [6.45, 7) is 2.14. The van der Waals surface area contributed by atoms with Crippen LogP contribution in [0.4, 0.5) is 0 Å². The highest BCUT2D eigenvalue weighted by atomic mass is 79.9. The van der Waals surface area contributed by atoms with Gasteiger partial charge in [0.15, 0.2) is 0 Å². The Morgan fingerprint density at radius 3 is 2.38 bits per heavy atom. The highest BCUT2D eigenvalue weighted by Crippen LogP contribution is 2.26. The standard InChI is InChI=1S/C18H22BrNO/c1-13-5-4-6-14(9-13)10-16(20-2)11-15-7-8-18(21-3)17(19)12-15/h4-9,12,16,20H,10-11H2,1-3H3. The van der Waals surface area contributed by atoms with Gasteiger partial charge < -0.3 is 10.1 Å². The molecule has 0 amide bonds. The first-order valence-electron chi connectivity index (χ1n) is 7.17. The van der Waals surface area contributed by atoms with Crippen molar-refractivity contribution in [3.05, 3.63) is 63.6 Å². The van der Waals surface area contributed by atoms with Crippen molar-refractivity contribution in [2.45, 2.75) is 25.8 Å². The molecule has 2 aromatic carbocycles. The molecule has 0 heterocycles. The average molecular weight is 348 g/mol. The van der Waals surface area contributed by atoms with Crippen LogP contribution in [0.1, 0.15) is 16.7 Å². The second kappa shape index (κ2) is 7.62. The average Bonchev–Trinajstić information content (AvgIpc) is 2.47. The maximum atomic E-state index is 5.28. The van der Waals surface area contributed by atoms with Crippen LogP contribution < -0.4 is 10.1 Å². The Morgan fingerprint density at radius 2 is 1.81 bits per heavy atom. The summed E-state index contributed by atoms with van der Waals surface area (Å²) in [4.78, 5) is 0. The Hall–Kier alpha value is -1.32. The maximum absolute atomic E-state index is 5.28. The first kappa shape index (κ1) is 16.1. The molecule has 0 saturated heterocycles. The quantitative estimate of drug-likeness (QED) is 0.847. The summed E-state index contributed by atoms with van der Waals surface area (Å²) in [7, 11) is 3.72. The van der Waals surface area contributed by atoms with Gasteiger partial charge in [-0.1, -0.05) is 35.9 Å². The number of hydrogen-bond donors (Lipinski definition) is 1. The van der Waals surface area contributed by atoms with Crippen molar-refractivity contribution in [1.29, 1.82) is 0 Å². The van der Waals surface area contributed by atoms with E-state index in [1.54, 1.807) is 7.11 Å². The van der Waals surface area contributed by atoms with E-state index >= 15 is 0 Å². The summed E-state index contributed by atoms with van der Waals surface area (Å²) >= 11 is 3.55. The fourth-order valence-corrected chi connectivity index (χ4v) is 3.11. The van der Waals surface area contributed by atoms with Gasteiger partial charge in [0.05, 0.1) is 11.6 Å². The Labute approximate surface area is 135 Å². The van der Waals surface area contributed by atoms with Crippen LogP contribution in [0.25, 0.3) is 0 Å². The third kappa shape index (κ3) is 4.58. The molecular formula is C18H22BrNO. The van der Waals surface area contributed by atoms with Crippen molar-refractivity contribution < 1.29 is 4.74 Å². The molecule has 1 unspecified atom stereocenters. The number of benzene rings is 2. The SMILES string of the molecule is CNC(Cc1cccc(C)c1)Cc1ccc(OC)c(Br)c1. The fraction of sp³-hybridized carbons (Fsp3) is 0.333. The molecule has 0 radical (unpaired) electrons. The van der Waals surface area contributed by atoms with Crippen LogP contribution in [-0.4, -0.2) is 20.2 Å². The molecule has 2 rings (SSSR count). The molecule has 0 aliphatic carbocycles. The largest absolute Gasteiger partial charge is 0.496 e. The minimum Gasteiger partial charge on any atom is -0.496 e. The number of nitrogens with one attached hydrogen (secondary N) is 1. The number of hydrogen-bond acceptors (Lipinski definition) is 2. The molecule has 0 bridgehead atoms. The summed E-state index contributed by atoms with van der Waals surface area (Å²) in [5.74, 6) is 0.874. The predicted octanol–water partition coefficient (Wildman–Crippen LogP) is 4.14. The molecule has 0 spiro atoms. The van der Waals surface area contributed by atoms with Gasteiger partial charge in [-0.05, 0) is 66.0 Å². The van der Waals surface area contributed by atoms with Crippen LogP contribution in [0.2, 0.25) is 0 Å². The van der Waals surface area contributed by atoms with Crippen molar-refractivity contribution in [3.63, 3.8) is 0 Å². The van der Waals surface area contributed by atoms with E-state index in [0.717, 1.165) is 23.1 Å². The zero-order valence-electron chi connectivity index (χ0n) is 12.8. The minimum atomic E-state index is 0.423. The van der Waals surface area contributed by atoms with E-state index in [9.17, 15) is 0 Å². The molecule has 0 aliphatic rings. The molecule has 1 N–H and O–H groups in total. The van der Waals surface area contributed by atoms with Gasteiger partial charge in [-0.3, -0.25) is 0 Å². The molecule has 0 fully saturated rings. The number of methoxy groups -OCH3 is 1. The number of aryl methyl sites for hydroxylation is 1. The molecule has 1 atom stereocenters. The molecule has 21 heavy (non-hydrogen) atoms. The van der Waals surface area contributed by atoms with Crippen molar-refractivity contribution >= 4 is 15.9 Å². The van der Waals surface area contributed by atoms with E-state index in [1.807, 2.05) is 13.1 Å². The molecule has 0 aliphatic heterocycles. The Kier molecular flexibility index (Phi) is 5.83. The Balaban J connectivity index is 2.07. The lowest BCUT2D eigenvalue weighted by Gasteiger charge is -2.17. The molecule has 3 heteroatoms. The van der Waals surface area contributed by atoms with E-state index in [1.165, 1.54) is 16.7 Å². The normalized spacial score (nSPS) is 12.2. The zero-order chi connectivity index (χ0) is 15.2. The monoisotopic (exact) mass is 347 g/mol. The van der Waals surface area contributed by atoms with E-state index in [4.69, 9.17) is 4.74 Å². The summed E-state index contributed by atoms with van der Waals surface area (Å²) < 4.78 is 6.28. The lowest BCUT2D eigenvalue weighted by molar-refractivity contribution is 0.412. The first-order valence-corrected chi connectivity index (χ1v) is 7.97. The van der Waals surface area contributed by atoms with Crippen molar-refractivity contribution in [1.82, 2.24) is 5.32 Å². The third-order valence-electron chi connectivity index (χ3n) is 3.67. The van der Waals surface area contributed by atoms with E-state index in [2.05, 4.69) is 64.6 Å². The maximum Gasteiger partial charge on any atom is 0.133 e. The van der Waals surface area contributed by atoms with Gasteiger partial charge in [-0.2, -0.15) is 0 Å². The van der Waals surface area contributed by atoms with E-state index in [-0.39, 0.29) is 0 Å². The summed E-state index contributed by atoms with van der Waals surface area (Å²) in [6.07, 6.45) is 2.02. The Bertz CT molecular complexity index is 598. The molecule has 0 saturated carbocycles. The smallest absolute Gasteiger partial charge is 0.133 e. The van der Waals surface area contributed by atoms with Crippen LogP contribution in [0.3, 0.4) is 0 Å². The minimum absolute atomic E-state index is 0.423. The highest BCUT2D eigenvalue weighted by Gasteiger charge is 2.10. The van der Waals surface area contributed by atoms with Crippen molar-refractivity contribution in [3.8, 4) is 5.75 Å². The van der Waals surface area contributed by atoms with E-state index in [0.29, 0.717) is 6.04 Å². The van der Waals surface area contributed by atoms with Crippen LogP contribution in [0.15, 0.2) is 46.9 Å².